The van der Waals surface area contributed by atoms with Crippen LogP contribution in [0.5, 0.6) is 0 Å². The van der Waals surface area contributed by atoms with Crippen LogP contribution >= 0.6 is 0 Å². The standard InChI is InChI=1S/C8H3F14N2/c9-1(10)3(11,12)5(15,16)7(19,20)8(21,22)6(17,18)4(13,14)2(23)24/h(H3,23,24). The summed E-state index contributed by atoms with van der Waals surface area (Å²) in [6.07, 6.45) is -4.87. The number of hydrogen-bond acceptors (Lipinski definition) is 1. The first-order valence-electron chi connectivity index (χ1n) is 4.93. The van der Waals surface area contributed by atoms with E-state index in [0.717, 1.165) is 0 Å². The van der Waals surface area contributed by atoms with Gasteiger partial charge in [0.05, 0.1) is 0 Å². The molecule has 0 aliphatic carbocycles. The fourth-order valence-corrected chi connectivity index (χ4v) is 1.08. The fraction of sp³-hybridized carbons (Fsp3) is 0.750. The summed E-state index contributed by atoms with van der Waals surface area (Å²) in [5, 5.41) is 5.89. The van der Waals surface area contributed by atoms with Crippen molar-refractivity contribution in [2.75, 3.05) is 0 Å². The minimum atomic E-state index is -8.12. The van der Waals surface area contributed by atoms with Gasteiger partial charge in [0.15, 0.2) is 5.84 Å². The van der Waals surface area contributed by atoms with Crippen molar-refractivity contribution in [3.63, 3.8) is 0 Å². The Morgan fingerprint density at radius 3 is 1.00 bits per heavy atom. The number of hydrogen-bond donors (Lipinski definition) is 2. The molecular weight excluding hydrogens is 390 g/mol. The van der Waals surface area contributed by atoms with Gasteiger partial charge in [0.2, 0.25) is 0 Å². The molecule has 143 valence electrons. The number of alkyl halides is 12. The smallest absolute Gasteiger partial charge is 0.382 e. The molecule has 0 atom stereocenters. The van der Waals surface area contributed by atoms with Gasteiger partial charge in [-0.05, 0) is 0 Å². The van der Waals surface area contributed by atoms with Crippen LogP contribution in [0.4, 0.5) is 61.5 Å². The lowest BCUT2D eigenvalue weighted by atomic mass is 9.91. The molecular formula is C8H3F14N2. The van der Waals surface area contributed by atoms with Gasteiger partial charge in [-0.1, -0.05) is 0 Å². The van der Waals surface area contributed by atoms with Gasteiger partial charge in [-0.15, -0.1) is 0 Å². The molecule has 3 N–H and O–H groups in total. The molecule has 2 nitrogen and oxygen atoms in total. The minimum Gasteiger partial charge on any atom is -0.382 e. The molecule has 0 fully saturated rings. The Labute approximate surface area is 122 Å². The van der Waals surface area contributed by atoms with Crippen LogP contribution in [-0.2, 0) is 0 Å². The van der Waals surface area contributed by atoms with Gasteiger partial charge in [-0.2, -0.15) is 61.5 Å². The summed E-state index contributed by atoms with van der Waals surface area (Å²) in [4.78, 5) is 0. The van der Waals surface area contributed by atoms with Crippen molar-refractivity contribution < 1.29 is 61.5 Å². The molecule has 0 aliphatic heterocycles. The molecule has 0 saturated heterocycles. The minimum absolute atomic E-state index is 3.21. The highest BCUT2D eigenvalue weighted by Gasteiger charge is 2.91. The number of amidine groups is 1. The zero-order chi connectivity index (χ0) is 20.2. The summed E-state index contributed by atoms with van der Waals surface area (Å²) in [5.41, 5.74) is 3.75. The first-order chi connectivity index (χ1) is 10.1. The first-order valence-corrected chi connectivity index (χ1v) is 4.93. The maximum atomic E-state index is 12.9. The SMILES string of the molecule is N=C(N)C(F)(F)C(F)(F)C(F)(F)C(F)(F)C(F)(F)C(F)(F)[C](F)F. The van der Waals surface area contributed by atoms with E-state index in [-0.39, 0.29) is 0 Å². The predicted octanol–water partition coefficient (Wildman–Crippen LogP) is 4.16. The molecule has 0 unspecified atom stereocenters. The van der Waals surface area contributed by atoms with E-state index < -0.39 is 47.8 Å². The molecule has 0 aromatic rings. The summed E-state index contributed by atoms with van der Waals surface area (Å²) in [6.45, 7) is 0. The zero-order valence-electron chi connectivity index (χ0n) is 10.4. The van der Waals surface area contributed by atoms with Crippen molar-refractivity contribution in [1.29, 1.82) is 5.41 Å². The third kappa shape index (κ3) is 2.53. The molecule has 0 aromatic carbocycles. The summed E-state index contributed by atoms with van der Waals surface area (Å²) in [6, 6.07) is 0. The van der Waals surface area contributed by atoms with E-state index in [9.17, 15) is 61.5 Å². The van der Waals surface area contributed by atoms with Crippen LogP contribution in [0.1, 0.15) is 0 Å². The lowest BCUT2D eigenvalue weighted by Crippen LogP contribution is -2.72. The maximum Gasteiger partial charge on any atom is 0.385 e. The summed E-state index contributed by atoms with van der Waals surface area (Å²) < 4.78 is 176. The fourth-order valence-electron chi connectivity index (χ4n) is 1.08. The Morgan fingerprint density at radius 1 is 0.542 bits per heavy atom. The van der Waals surface area contributed by atoms with Crippen LogP contribution in [0.15, 0.2) is 0 Å². The second-order valence-electron chi connectivity index (χ2n) is 4.12. The Hall–Kier alpha value is -1.51. The van der Waals surface area contributed by atoms with E-state index in [1.807, 2.05) is 0 Å². The zero-order valence-corrected chi connectivity index (χ0v) is 10.4. The Balaban J connectivity index is 6.43. The van der Waals surface area contributed by atoms with E-state index in [4.69, 9.17) is 5.41 Å². The molecule has 0 saturated carbocycles. The third-order valence-corrected chi connectivity index (χ3v) is 2.55. The first kappa shape index (κ1) is 22.5. The van der Waals surface area contributed by atoms with Gasteiger partial charge in [0, 0.05) is 0 Å². The number of halogens is 14. The van der Waals surface area contributed by atoms with Crippen LogP contribution in [0.2, 0.25) is 0 Å². The Morgan fingerprint density at radius 2 is 0.792 bits per heavy atom. The maximum absolute atomic E-state index is 12.9. The normalized spacial score (nSPS) is 15.8. The highest BCUT2D eigenvalue weighted by atomic mass is 19.4. The van der Waals surface area contributed by atoms with E-state index in [2.05, 4.69) is 5.73 Å². The molecule has 24 heavy (non-hydrogen) atoms. The summed E-state index contributed by atoms with van der Waals surface area (Å²) >= 11 is 0. The van der Waals surface area contributed by atoms with Crippen LogP contribution in [-0.4, -0.2) is 41.4 Å². The molecule has 1 radical (unpaired) electrons. The summed E-state index contributed by atoms with van der Waals surface area (Å²) in [7, 11) is 0. The van der Waals surface area contributed by atoms with Crippen molar-refractivity contribution in [1.82, 2.24) is 0 Å². The average Bonchev–Trinajstić information content (AvgIpc) is 2.36. The van der Waals surface area contributed by atoms with E-state index in [1.165, 1.54) is 0 Å². The molecule has 0 rings (SSSR count). The second-order valence-corrected chi connectivity index (χ2v) is 4.12. The van der Waals surface area contributed by atoms with Crippen LogP contribution < -0.4 is 5.73 Å². The Bertz CT molecular complexity index is 495. The lowest BCUT2D eigenvalue weighted by Gasteiger charge is -2.40. The highest BCUT2D eigenvalue weighted by molar-refractivity contribution is 5.85. The van der Waals surface area contributed by atoms with Gasteiger partial charge < -0.3 is 5.73 Å². The lowest BCUT2D eigenvalue weighted by molar-refractivity contribution is -0.420. The molecule has 0 heterocycles. The van der Waals surface area contributed by atoms with Crippen molar-refractivity contribution in [2.45, 2.75) is 35.5 Å². The van der Waals surface area contributed by atoms with Crippen LogP contribution in [0.3, 0.4) is 0 Å². The van der Waals surface area contributed by atoms with Crippen LogP contribution in [0, 0.1) is 11.8 Å². The molecule has 0 aliphatic rings. The topological polar surface area (TPSA) is 49.9 Å². The molecule has 0 spiro atoms. The second kappa shape index (κ2) is 5.50. The quantitative estimate of drug-likeness (QED) is 0.381. The Kier molecular flexibility index (Phi) is 5.16. The van der Waals surface area contributed by atoms with Gasteiger partial charge in [-0.3, -0.25) is 5.41 Å². The van der Waals surface area contributed by atoms with E-state index >= 15 is 0 Å². The van der Waals surface area contributed by atoms with Crippen molar-refractivity contribution in [3.05, 3.63) is 6.43 Å². The number of nitrogens with two attached hydrogens (primary N) is 1. The van der Waals surface area contributed by atoms with Crippen molar-refractivity contribution >= 4 is 5.84 Å². The van der Waals surface area contributed by atoms with E-state index in [1.54, 1.807) is 0 Å². The van der Waals surface area contributed by atoms with Gasteiger partial charge in [0.1, 0.15) is 0 Å². The number of nitrogens with one attached hydrogen (secondary N) is 1. The molecule has 0 bridgehead atoms. The average molecular weight is 393 g/mol. The van der Waals surface area contributed by atoms with E-state index in [0.29, 0.717) is 0 Å². The highest BCUT2D eigenvalue weighted by Crippen LogP contribution is 2.61. The summed E-state index contributed by atoms with van der Waals surface area (Å²) in [5.74, 6) is -49.0. The monoisotopic (exact) mass is 393 g/mol. The number of rotatable bonds is 7. The largest absolute Gasteiger partial charge is 0.385 e. The molecule has 0 aromatic heterocycles. The van der Waals surface area contributed by atoms with Crippen LogP contribution in [0.25, 0.3) is 0 Å². The van der Waals surface area contributed by atoms with Gasteiger partial charge >= 0.3 is 42.0 Å². The molecule has 16 heteroatoms. The van der Waals surface area contributed by atoms with Gasteiger partial charge in [0.25, 0.3) is 0 Å². The predicted molar refractivity (Wildman–Crippen MR) is 47.1 cm³/mol. The third-order valence-electron chi connectivity index (χ3n) is 2.55. The van der Waals surface area contributed by atoms with Crippen molar-refractivity contribution in [3.8, 4) is 0 Å². The van der Waals surface area contributed by atoms with Crippen molar-refractivity contribution in [2.24, 2.45) is 5.73 Å². The van der Waals surface area contributed by atoms with Gasteiger partial charge in [-0.25, -0.2) is 0 Å². The molecule has 0 amide bonds.